The number of nitrogens with zero attached hydrogens (tertiary/aromatic N) is 3. The molecule has 3 heterocycles. The van der Waals surface area contributed by atoms with Crippen molar-refractivity contribution in [3.63, 3.8) is 0 Å². The van der Waals surface area contributed by atoms with Crippen molar-refractivity contribution >= 4 is 53.8 Å². The Morgan fingerprint density at radius 2 is 0.757 bits per heavy atom. The van der Waals surface area contributed by atoms with E-state index in [1.54, 1.807) is 6.07 Å². The summed E-state index contributed by atoms with van der Waals surface area (Å²) in [6.07, 6.45) is 8.58. The van der Waals surface area contributed by atoms with E-state index in [-0.39, 0.29) is 54.2 Å². The first kappa shape index (κ1) is 51.4. The maximum atomic E-state index is 13.3. The average molecular weight is 1000 g/mol. The highest BCUT2D eigenvalue weighted by Gasteiger charge is 2.33. The lowest BCUT2D eigenvalue weighted by molar-refractivity contribution is 0.0911. The normalized spacial score (nSPS) is 19.9. The van der Waals surface area contributed by atoms with Crippen molar-refractivity contribution in [1.82, 2.24) is 14.7 Å². The molecule has 0 bridgehead atoms. The maximum Gasteiger partial charge on any atom is 0.166 e. The first-order valence-corrected chi connectivity index (χ1v) is 25.2. The number of rotatable bonds is 9. The molecule has 3 aliphatic carbocycles. The molecule has 3 unspecified atom stereocenters. The standard InChI is InChI=1S/C20H20ClNO.C20H20FNO.C20H21NO.2ClH/c2*21-18-5-6-19-17(12-18)11-15(20(19)23)8-10-22-9-7-14-3-1-2-4-16(14)13-22;22-20-17(13-16-6-3-4-8-19(16)20)10-12-21-11-9-15-5-1-2-7-18(15)14-21;;/h2*1-6,12,15H,7-11,13H2;1-8,17H,9-14H2;2*1H. The number of ketones is 3. The first-order valence-electron chi connectivity index (χ1n) is 24.9. The van der Waals surface area contributed by atoms with Crippen LogP contribution in [0.4, 0.5) is 4.39 Å². The van der Waals surface area contributed by atoms with Gasteiger partial charge in [0.1, 0.15) is 5.82 Å². The topological polar surface area (TPSA) is 60.9 Å². The number of halogens is 4. The molecule has 0 spiro atoms. The van der Waals surface area contributed by atoms with Crippen LogP contribution in [0.2, 0.25) is 5.02 Å². The molecule has 3 atom stereocenters. The second-order valence-electron chi connectivity index (χ2n) is 19.8. The summed E-state index contributed by atoms with van der Waals surface area (Å²) in [6, 6.07) is 44.3. The monoisotopic (exact) mass is 997 g/mol. The largest absolute Gasteiger partial charge is 0.299 e. The number of hydrogen-bond acceptors (Lipinski definition) is 6. The number of hydrogen-bond donors (Lipinski definition) is 0. The molecule has 0 saturated heterocycles. The molecule has 0 fully saturated rings. The molecule has 0 amide bonds. The zero-order valence-electron chi connectivity index (χ0n) is 39.8. The lowest BCUT2D eigenvalue weighted by Crippen LogP contribution is -2.32. The first-order chi connectivity index (χ1) is 33.2. The predicted octanol–water partition coefficient (Wildman–Crippen LogP) is 12.1. The number of carbonyl (C=O) groups excluding carboxylic acids is 3. The van der Waals surface area contributed by atoms with Gasteiger partial charge >= 0.3 is 0 Å². The summed E-state index contributed by atoms with van der Waals surface area (Å²) in [5.41, 5.74) is 14.5. The summed E-state index contributed by atoms with van der Waals surface area (Å²) in [4.78, 5) is 44.8. The minimum atomic E-state index is -0.246. The molecule has 0 radical (unpaired) electrons. The molecule has 0 aromatic heterocycles. The third-order valence-electron chi connectivity index (χ3n) is 15.5. The molecular formula is C60H63Cl3FN3O3. The van der Waals surface area contributed by atoms with Crippen molar-refractivity contribution in [3.05, 3.63) is 211 Å². The molecule has 70 heavy (non-hydrogen) atoms. The fourth-order valence-corrected chi connectivity index (χ4v) is 11.8. The van der Waals surface area contributed by atoms with Crippen LogP contribution in [0, 0.1) is 23.6 Å². The van der Waals surface area contributed by atoms with E-state index in [1.807, 2.05) is 36.4 Å². The van der Waals surface area contributed by atoms with Crippen LogP contribution in [0.1, 0.15) is 100 Å². The Bertz CT molecular complexity index is 2700. The smallest absolute Gasteiger partial charge is 0.166 e. The van der Waals surface area contributed by atoms with Crippen LogP contribution in [-0.4, -0.2) is 71.3 Å². The van der Waals surface area contributed by atoms with Gasteiger partial charge in [-0.05, 0) is 164 Å². The molecule has 10 heteroatoms. The minimum Gasteiger partial charge on any atom is -0.299 e. The fourth-order valence-electron chi connectivity index (χ4n) is 11.6. The highest BCUT2D eigenvalue weighted by Crippen LogP contribution is 2.34. The lowest BCUT2D eigenvalue weighted by Gasteiger charge is -2.29. The van der Waals surface area contributed by atoms with Gasteiger partial charge in [-0.2, -0.15) is 0 Å². The summed E-state index contributed by atoms with van der Waals surface area (Å²) in [7, 11) is 0. The van der Waals surface area contributed by atoms with E-state index in [0.29, 0.717) is 18.0 Å². The Kier molecular flexibility index (Phi) is 17.2. The van der Waals surface area contributed by atoms with Crippen LogP contribution in [0.3, 0.4) is 0 Å². The molecular weight excluding hydrogens is 936 g/mol. The summed E-state index contributed by atoms with van der Waals surface area (Å²) < 4.78 is 13.3. The van der Waals surface area contributed by atoms with E-state index in [0.717, 1.165) is 143 Å². The molecule has 12 rings (SSSR count). The van der Waals surface area contributed by atoms with Gasteiger partial charge in [0, 0.05) is 78.7 Å². The zero-order valence-corrected chi connectivity index (χ0v) is 42.2. The van der Waals surface area contributed by atoms with Gasteiger partial charge in [-0.25, -0.2) is 4.39 Å². The number of carbonyl (C=O) groups is 3. The lowest BCUT2D eigenvalue weighted by atomic mass is 9.97. The van der Waals surface area contributed by atoms with Gasteiger partial charge in [0.25, 0.3) is 0 Å². The molecule has 0 saturated carbocycles. The summed E-state index contributed by atoms with van der Waals surface area (Å²) in [6.45, 7) is 9.23. The molecule has 6 nitrogen and oxygen atoms in total. The van der Waals surface area contributed by atoms with E-state index in [4.69, 9.17) is 11.6 Å². The van der Waals surface area contributed by atoms with E-state index >= 15 is 0 Å². The third-order valence-corrected chi connectivity index (χ3v) is 15.7. The van der Waals surface area contributed by atoms with E-state index < -0.39 is 0 Å². The molecule has 0 N–H and O–H groups in total. The number of Topliss-reactive ketones (excluding diaryl/α,β-unsaturated/α-hetero) is 3. The van der Waals surface area contributed by atoms with Gasteiger partial charge in [-0.1, -0.05) is 109 Å². The van der Waals surface area contributed by atoms with E-state index in [1.165, 1.54) is 51.1 Å². The van der Waals surface area contributed by atoms with Crippen molar-refractivity contribution < 1.29 is 18.8 Å². The Hall–Kier alpha value is -4.99. The predicted molar refractivity (Wildman–Crippen MR) is 283 cm³/mol. The van der Waals surface area contributed by atoms with Gasteiger partial charge in [0.05, 0.1) is 0 Å². The van der Waals surface area contributed by atoms with Gasteiger partial charge in [0.15, 0.2) is 17.3 Å². The highest BCUT2D eigenvalue weighted by molar-refractivity contribution is 6.30. The quantitative estimate of drug-likeness (QED) is 0.144. The SMILES string of the molecule is Cl.Cl.O=C1c2ccc(Cl)cc2CC1CCN1CCc2ccccc2C1.O=C1c2ccc(F)cc2CC1CCN1CCc2ccccc2C1.O=C1c2ccccc2CC1CCN1CCc2ccccc2C1. The van der Waals surface area contributed by atoms with E-state index in [2.05, 4.69) is 93.6 Å². The second kappa shape index (κ2) is 23.5. The number of fused-ring (bicyclic) bond motifs is 6. The van der Waals surface area contributed by atoms with Crippen LogP contribution in [0.25, 0.3) is 0 Å². The maximum absolute atomic E-state index is 13.3. The zero-order chi connectivity index (χ0) is 46.6. The van der Waals surface area contributed by atoms with Gasteiger partial charge in [0.2, 0.25) is 0 Å². The summed E-state index contributed by atoms with van der Waals surface area (Å²) >= 11 is 6.05. The summed E-state index contributed by atoms with van der Waals surface area (Å²) in [5, 5.41) is 0.727. The Morgan fingerprint density at radius 1 is 0.414 bits per heavy atom. The number of benzene rings is 6. The average Bonchev–Trinajstić information content (AvgIpc) is 3.99. The Morgan fingerprint density at radius 3 is 1.19 bits per heavy atom. The van der Waals surface area contributed by atoms with Crippen LogP contribution in [0.5, 0.6) is 0 Å². The molecule has 6 aromatic carbocycles. The van der Waals surface area contributed by atoms with Crippen molar-refractivity contribution in [1.29, 1.82) is 0 Å². The molecule has 364 valence electrons. The molecule has 6 aromatic rings. The minimum absolute atomic E-state index is 0. The second-order valence-corrected chi connectivity index (χ2v) is 20.2. The fraction of sp³-hybridized carbons (Fsp3) is 0.350. The van der Waals surface area contributed by atoms with Crippen molar-refractivity contribution in [3.8, 4) is 0 Å². The molecule has 3 aliphatic heterocycles. The van der Waals surface area contributed by atoms with Crippen molar-refractivity contribution in [2.24, 2.45) is 17.8 Å². The van der Waals surface area contributed by atoms with Crippen molar-refractivity contribution in [2.45, 2.75) is 77.4 Å². The highest BCUT2D eigenvalue weighted by atomic mass is 35.5. The van der Waals surface area contributed by atoms with E-state index in [9.17, 15) is 18.8 Å². The van der Waals surface area contributed by atoms with Crippen LogP contribution in [-0.2, 0) is 58.2 Å². The third kappa shape index (κ3) is 11.8. The Labute approximate surface area is 430 Å². The van der Waals surface area contributed by atoms with Gasteiger partial charge in [-0.15, -0.1) is 24.8 Å². The van der Waals surface area contributed by atoms with Gasteiger partial charge < -0.3 is 0 Å². The Balaban J connectivity index is 0.000000139. The van der Waals surface area contributed by atoms with Crippen LogP contribution < -0.4 is 0 Å². The van der Waals surface area contributed by atoms with Crippen LogP contribution in [0.15, 0.2) is 133 Å². The summed E-state index contributed by atoms with van der Waals surface area (Å²) in [5.74, 6) is 0.934. The van der Waals surface area contributed by atoms with Crippen LogP contribution >= 0.6 is 36.4 Å². The molecule has 6 aliphatic rings. The van der Waals surface area contributed by atoms with Gasteiger partial charge in [-0.3, -0.25) is 29.1 Å². The van der Waals surface area contributed by atoms with Crippen molar-refractivity contribution in [2.75, 3.05) is 39.3 Å².